The highest BCUT2D eigenvalue weighted by Gasteiger charge is 2.41. The number of guanidine groups is 1. The minimum Gasteiger partial charge on any atom is -0.493 e. The van der Waals surface area contributed by atoms with Crippen molar-refractivity contribution >= 4 is 29.9 Å². The second kappa shape index (κ2) is 10.2. The molecule has 0 aliphatic carbocycles. The van der Waals surface area contributed by atoms with Crippen LogP contribution in [0.2, 0.25) is 0 Å². The van der Waals surface area contributed by atoms with E-state index in [0.29, 0.717) is 24.8 Å². The van der Waals surface area contributed by atoms with Gasteiger partial charge in [0.2, 0.25) is 0 Å². The van der Waals surface area contributed by atoms with E-state index in [4.69, 9.17) is 14.2 Å². The number of methoxy groups -OCH3 is 2. The average Bonchev–Trinajstić information content (AvgIpc) is 3.27. The molecule has 0 aromatic heterocycles. The molecule has 2 aliphatic rings. The Morgan fingerprint density at radius 3 is 2.70 bits per heavy atom. The van der Waals surface area contributed by atoms with Crippen LogP contribution in [0.4, 0.5) is 0 Å². The standard InChI is InChI=1S/C20H29N3O3.HI/c1-5-6-14-9-13(10-18(24-3)19(14)25-4)12-22-20(21-2)23-16-11-15-7-8-17(16)26-15;/h5,9-10,15-17H,1,6-8,11-12H2,2-4H3,(H2,21,22,23);1H. The van der Waals surface area contributed by atoms with E-state index < -0.39 is 0 Å². The molecular formula is C20H30IN3O3. The molecule has 1 aromatic carbocycles. The van der Waals surface area contributed by atoms with Crippen molar-refractivity contribution in [2.24, 2.45) is 4.99 Å². The van der Waals surface area contributed by atoms with Crippen molar-refractivity contribution in [3.8, 4) is 11.5 Å². The van der Waals surface area contributed by atoms with Crippen LogP contribution in [0.5, 0.6) is 11.5 Å². The SMILES string of the molecule is C=CCc1cc(CNC(=NC)NC2CC3CCC2O3)cc(OC)c1OC.I. The summed E-state index contributed by atoms with van der Waals surface area (Å²) in [5.41, 5.74) is 2.16. The number of halogens is 1. The fourth-order valence-corrected chi connectivity index (χ4v) is 3.86. The van der Waals surface area contributed by atoms with Crippen LogP contribution in [0, 0.1) is 0 Å². The highest BCUT2D eigenvalue weighted by atomic mass is 127. The van der Waals surface area contributed by atoms with E-state index in [2.05, 4.69) is 28.3 Å². The van der Waals surface area contributed by atoms with Gasteiger partial charge < -0.3 is 24.8 Å². The Labute approximate surface area is 178 Å². The number of hydrogen-bond acceptors (Lipinski definition) is 4. The highest BCUT2D eigenvalue weighted by Crippen LogP contribution is 2.34. The molecule has 2 bridgehead atoms. The van der Waals surface area contributed by atoms with Crippen LogP contribution in [0.1, 0.15) is 30.4 Å². The second-order valence-corrected chi connectivity index (χ2v) is 6.77. The lowest BCUT2D eigenvalue weighted by molar-refractivity contribution is 0.0992. The molecule has 3 rings (SSSR count). The van der Waals surface area contributed by atoms with Crippen LogP contribution < -0.4 is 20.1 Å². The Balaban J connectivity index is 0.00000261. The maximum absolute atomic E-state index is 5.91. The Kier molecular flexibility index (Phi) is 8.22. The number of aliphatic imine (C=N–C) groups is 1. The molecule has 27 heavy (non-hydrogen) atoms. The van der Waals surface area contributed by atoms with Gasteiger partial charge in [0.05, 0.1) is 32.5 Å². The van der Waals surface area contributed by atoms with Crippen molar-refractivity contribution < 1.29 is 14.2 Å². The first-order valence-corrected chi connectivity index (χ1v) is 9.15. The summed E-state index contributed by atoms with van der Waals surface area (Å²) in [6.07, 6.45) is 6.71. The lowest BCUT2D eigenvalue weighted by Crippen LogP contribution is -2.47. The predicted molar refractivity (Wildman–Crippen MR) is 118 cm³/mol. The van der Waals surface area contributed by atoms with Gasteiger partial charge in [-0.2, -0.15) is 0 Å². The van der Waals surface area contributed by atoms with Gasteiger partial charge in [-0.15, -0.1) is 30.6 Å². The van der Waals surface area contributed by atoms with Gasteiger partial charge in [-0.25, -0.2) is 0 Å². The third-order valence-electron chi connectivity index (χ3n) is 5.09. The molecule has 6 nitrogen and oxygen atoms in total. The van der Waals surface area contributed by atoms with Gasteiger partial charge in [0, 0.05) is 19.2 Å². The van der Waals surface area contributed by atoms with Crippen molar-refractivity contribution in [2.75, 3.05) is 21.3 Å². The molecule has 0 spiro atoms. The number of ether oxygens (including phenoxy) is 3. The predicted octanol–water partition coefficient (Wildman–Crippen LogP) is 3.04. The Morgan fingerprint density at radius 2 is 2.15 bits per heavy atom. The zero-order valence-electron chi connectivity index (χ0n) is 16.3. The Morgan fingerprint density at radius 1 is 1.33 bits per heavy atom. The maximum Gasteiger partial charge on any atom is 0.191 e. The van der Waals surface area contributed by atoms with Crippen molar-refractivity contribution in [3.05, 3.63) is 35.9 Å². The summed E-state index contributed by atoms with van der Waals surface area (Å²) in [5, 5.41) is 6.89. The number of hydrogen-bond donors (Lipinski definition) is 2. The van der Waals surface area contributed by atoms with Crippen molar-refractivity contribution in [2.45, 2.75) is 50.5 Å². The molecule has 0 amide bonds. The van der Waals surface area contributed by atoms with E-state index in [9.17, 15) is 0 Å². The number of nitrogens with zero attached hydrogens (tertiary/aromatic N) is 1. The van der Waals surface area contributed by atoms with Gasteiger partial charge in [-0.05, 0) is 43.4 Å². The van der Waals surface area contributed by atoms with E-state index >= 15 is 0 Å². The summed E-state index contributed by atoms with van der Waals surface area (Å²) in [6.45, 7) is 4.47. The van der Waals surface area contributed by atoms with E-state index in [-0.39, 0.29) is 24.0 Å². The Bertz CT molecular complexity index is 681. The molecule has 3 atom stereocenters. The van der Waals surface area contributed by atoms with Gasteiger partial charge in [0.15, 0.2) is 17.5 Å². The average molecular weight is 487 g/mol. The van der Waals surface area contributed by atoms with Crippen LogP contribution >= 0.6 is 24.0 Å². The number of benzene rings is 1. The zero-order valence-corrected chi connectivity index (χ0v) is 18.6. The van der Waals surface area contributed by atoms with Crippen LogP contribution in [-0.2, 0) is 17.7 Å². The molecule has 2 fully saturated rings. The summed E-state index contributed by atoms with van der Waals surface area (Å²) in [4.78, 5) is 4.35. The van der Waals surface area contributed by atoms with Crippen LogP contribution in [0.15, 0.2) is 29.8 Å². The lowest BCUT2D eigenvalue weighted by atomic mass is 9.96. The summed E-state index contributed by atoms with van der Waals surface area (Å²) in [6, 6.07) is 4.46. The molecule has 0 radical (unpaired) electrons. The van der Waals surface area contributed by atoms with Gasteiger partial charge in [0.25, 0.3) is 0 Å². The molecule has 150 valence electrons. The monoisotopic (exact) mass is 487 g/mol. The van der Waals surface area contributed by atoms with Crippen molar-refractivity contribution in [3.63, 3.8) is 0 Å². The van der Waals surface area contributed by atoms with Crippen molar-refractivity contribution in [1.82, 2.24) is 10.6 Å². The third-order valence-corrected chi connectivity index (χ3v) is 5.09. The minimum absolute atomic E-state index is 0. The first-order valence-electron chi connectivity index (χ1n) is 9.15. The molecule has 1 aromatic rings. The van der Waals surface area contributed by atoms with Crippen molar-refractivity contribution in [1.29, 1.82) is 0 Å². The summed E-state index contributed by atoms with van der Waals surface area (Å²) in [7, 11) is 5.11. The molecular weight excluding hydrogens is 457 g/mol. The smallest absolute Gasteiger partial charge is 0.191 e. The fourth-order valence-electron chi connectivity index (χ4n) is 3.86. The third kappa shape index (κ3) is 5.07. The van der Waals surface area contributed by atoms with Gasteiger partial charge >= 0.3 is 0 Å². The van der Waals surface area contributed by atoms with Gasteiger partial charge in [0.1, 0.15) is 0 Å². The lowest BCUT2D eigenvalue weighted by Gasteiger charge is -2.23. The molecule has 2 saturated heterocycles. The van der Waals surface area contributed by atoms with Crippen LogP contribution in [0.3, 0.4) is 0 Å². The number of nitrogens with one attached hydrogen (secondary N) is 2. The van der Waals surface area contributed by atoms with Gasteiger partial charge in [-0.1, -0.05) is 6.08 Å². The highest BCUT2D eigenvalue weighted by molar-refractivity contribution is 14.0. The molecule has 7 heteroatoms. The zero-order chi connectivity index (χ0) is 18.5. The molecule has 2 heterocycles. The Hall–Kier alpha value is -1.48. The maximum atomic E-state index is 5.91. The van der Waals surface area contributed by atoms with E-state index in [1.54, 1.807) is 21.3 Å². The summed E-state index contributed by atoms with van der Waals surface area (Å²) >= 11 is 0. The quantitative estimate of drug-likeness (QED) is 0.268. The first-order chi connectivity index (χ1) is 12.7. The molecule has 0 saturated carbocycles. The largest absolute Gasteiger partial charge is 0.493 e. The molecule has 2 aliphatic heterocycles. The normalized spacial score (nSPS) is 23.5. The van der Waals surface area contributed by atoms with E-state index in [0.717, 1.165) is 47.8 Å². The minimum atomic E-state index is 0. The van der Waals surface area contributed by atoms with E-state index in [1.807, 2.05) is 12.1 Å². The number of rotatable bonds is 7. The summed E-state index contributed by atoms with van der Waals surface area (Å²) < 4.78 is 16.9. The first kappa shape index (κ1) is 21.8. The van der Waals surface area contributed by atoms with Crippen LogP contribution in [0.25, 0.3) is 0 Å². The summed E-state index contributed by atoms with van der Waals surface area (Å²) in [5.74, 6) is 2.29. The topological polar surface area (TPSA) is 64.1 Å². The van der Waals surface area contributed by atoms with Crippen LogP contribution in [-0.4, -0.2) is 45.5 Å². The number of fused-ring (bicyclic) bond motifs is 2. The molecule has 2 N–H and O–H groups in total. The molecule has 3 unspecified atom stereocenters. The number of allylic oxidation sites excluding steroid dienone is 1. The van der Waals surface area contributed by atoms with E-state index in [1.165, 1.54) is 6.42 Å². The second-order valence-electron chi connectivity index (χ2n) is 6.77. The fraction of sp³-hybridized carbons (Fsp3) is 0.550. The van der Waals surface area contributed by atoms with Gasteiger partial charge in [-0.3, -0.25) is 4.99 Å².